The summed E-state index contributed by atoms with van der Waals surface area (Å²) < 4.78 is 0.847. The normalized spacial score (nSPS) is 9.17. The number of thiocarbonyl (C=S) groups is 1. The number of hydrazine groups is 1. The number of rotatable bonds is 2. The van der Waals surface area contributed by atoms with Gasteiger partial charge < -0.3 is 5.32 Å². The Balaban J connectivity index is 2.50. The Hall–Kier alpha value is -1.36. The Labute approximate surface area is 123 Å². The van der Waals surface area contributed by atoms with Gasteiger partial charge in [-0.2, -0.15) is 5.26 Å². The van der Waals surface area contributed by atoms with Crippen molar-refractivity contribution in [3.05, 3.63) is 27.7 Å². The summed E-state index contributed by atoms with van der Waals surface area (Å²) in [7, 11) is 0. The molecule has 0 aliphatic heterocycles. The van der Waals surface area contributed by atoms with E-state index in [9.17, 15) is 4.79 Å². The SMILES string of the molecule is N#CCC(=O)NNC(=S)Nc1ccc(Br)cc1Cl. The lowest BCUT2D eigenvalue weighted by Gasteiger charge is -2.11. The average molecular weight is 348 g/mol. The zero-order valence-corrected chi connectivity index (χ0v) is 12.1. The van der Waals surface area contributed by atoms with Gasteiger partial charge in [0.05, 0.1) is 16.8 Å². The van der Waals surface area contributed by atoms with Crippen LogP contribution in [0.2, 0.25) is 5.02 Å². The van der Waals surface area contributed by atoms with Gasteiger partial charge >= 0.3 is 0 Å². The van der Waals surface area contributed by atoms with E-state index in [0.29, 0.717) is 10.7 Å². The summed E-state index contributed by atoms with van der Waals surface area (Å²) in [6.07, 6.45) is -0.241. The van der Waals surface area contributed by atoms with Crippen LogP contribution in [0.25, 0.3) is 0 Å². The maximum atomic E-state index is 11.0. The largest absolute Gasteiger partial charge is 0.330 e. The number of nitriles is 1. The smallest absolute Gasteiger partial charge is 0.252 e. The first kappa shape index (κ1) is 14.7. The van der Waals surface area contributed by atoms with Crippen molar-refractivity contribution in [2.24, 2.45) is 0 Å². The van der Waals surface area contributed by atoms with Gasteiger partial charge in [-0.1, -0.05) is 27.5 Å². The molecule has 0 fully saturated rings. The molecular weight excluding hydrogens is 340 g/mol. The Kier molecular flexibility index (Phi) is 5.85. The summed E-state index contributed by atoms with van der Waals surface area (Å²) in [4.78, 5) is 11.0. The summed E-state index contributed by atoms with van der Waals surface area (Å²) in [5.41, 5.74) is 5.33. The van der Waals surface area contributed by atoms with Crippen LogP contribution in [-0.4, -0.2) is 11.0 Å². The van der Waals surface area contributed by atoms with Crippen LogP contribution in [0.4, 0.5) is 5.69 Å². The number of benzene rings is 1. The van der Waals surface area contributed by atoms with Crippen LogP contribution in [0.1, 0.15) is 6.42 Å². The first-order valence-electron chi connectivity index (χ1n) is 4.70. The second kappa shape index (κ2) is 7.16. The maximum absolute atomic E-state index is 11.0. The molecule has 3 N–H and O–H groups in total. The average Bonchev–Trinajstić information content (AvgIpc) is 2.31. The van der Waals surface area contributed by atoms with Crippen molar-refractivity contribution < 1.29 is 4.79 Å². The van der Waals surface area contributed by atoms with Crippen LogP contribution in [-0.2, 0) is 4.79 Å². The molecule has 0 spiro atoms. The van der Waals surface area contributed by atoms with Gasteiger partial charge in [0.2, 0.25) is 0 Å². The Bertz CT molecular complexity index is 517. The van der Waals surface area contributed by atoms with E-state index in [0.717, 1.165) is 4.47 Å². The first-order valence-corrected chi connectivity index (χ1v) is 6.28. The molecule has 0 heterocycles. The minimum absolute atomic E-state index is 0.172. The van der Waals surface area contributed by atoms with Crippen LogP contribution in [0, 0.1) is 11.3 Å². The molecule has 94 valence electrons. The van der Waals surface area contributed by atoms with E-state index >= 15 is 0 Å². The summed E-state index contributed by atoms with van der Waals surface area (Å²) in [6, 6.07) is 6.95. The summed E-state index contributed by atoms with van der Waals surface area (Å²) >= 11 is 14.2. The monoisotopic (exact) mass is 346 g/mol. The molecule has 18 heavy (non-hydrogen) atoms. The van der Waals surface area contributed by atoms with E-state index in [4.69, 9.17) is 29.1 Å². The van der Waals surface area contributed by atoms with Crippen molar-refractivity contribution in [1.82, 2.24) is 10.9 Å². The molecule has 5 nitrogen and oxygen atoms in total. The molecule has 0 atom stereocenters. The Morgan fingerprint density at radius 1 is 1.50 bits per heavy atom. The topological polar surface area (TPSA) is 77.0 Å². The molecule has 0 aromatic heterocycles. The van der Waals surface area contributed by atoms with Gasteiger partial charge in [-0.15, -0.1) is 0 Å². The fourth-order valence-electron chi connectivity index (χ4n) is 0.987. The number of carbonyl (C=O) groups excluding carboxylic acids is 1. The van der Waals surface area contributed by atoms with Crippen LogP contribution in [0.5, 0.6) is 0 Å². The van der Waals surface area contributed by atoms with Crippen LogP contribution < -0.4 is 16.2 Å². The number of carbonyl (C=O) groups is 1. The zero-order chi connectivity index (χ0) is 13.5. The third kappa shape index (κ3) is 4.87. The van der Waals surface area contributed by atoms with Crippen molar-refractivity contribution in [1.29, 1.82) is 5.26 Å². The van der Waals surface area contributed by atoms with Gasteiger partial charge in [-0.05, 0) is 30.4 Å². The van der Waals surface area contributed by atoms with Crippen molar-refractivity contribution in [2.45, 2.75) is 6.42 Å². The van der Waals surface area contributed by atoms with E-state index in [2.05, 4.69) is 32.1 Å². The number of amides is 1. The molecule has 0 radical (unpaired) electrons. The molecule has 1 aromatic rings. The quantitative estimate of drug-likeness (QED) is 0.565. The lowest BCUT2D eigenvalue weighted by molar-refractivity contribution is -0.120. The van der Waals surface area contributed by atoms with Crippen LogP contribution in [0.3, 0.4) is 0 Å². The summed E-state index contributed by atoms with van der Waals surface area (Å²) in [5, 5.41) is 11.8. The Morgan fingerprint density at radius 2 is 2.22 bits per heavy atom. The fraction of sp³-hybridized carbons (Fsp3) is 0.100. The molecule has 0 saturated carbocycles. The van der Waals surface area contributed by atoms with Crippen molar-refractivity contribution in [3.8, 4) is 6.07 Å². The fourth-order valence-corrected chi connectivity index (χ4v) is 1.87. The number of halogens is 2. The minimum Gasteiger partial charge on any atom is -0.330 e. The van der Waals surface area contributed by atoms with Crippen molar-refractivity contribution in [3.63, 3.8) is 0 Å². The molecule has 0 saturated heterocycles. The van der Waals surface area contributed by atoms with E-state index in [1.165, 1.54) is 0 Å². The van der Waals surface area contributed by atoms with Gasteiger partial charge in [-0.3, -0.25) is 15.6 Å². The molecule has 0 unspecified atom stereocenters. The number of hydrogen-bond donors (Lipinski definition) is 3. The van der Waals surface area contributed by atoms with Crippen molar-refractivity contribution in [2.75, 3.05) is 5.32 Å². The maximum Gasteiger partial charge on any atom is 0.252 e. The van der Waals surface area contributed by atoms with E-state index in [1.54, 1.807) is 24.3 Å². The molecule has 1 amide bonds. The predicted molar refractivity (Wildman–Crippen MR) is 76.9 cm³/mol. The lowest BCUT2D eigenvalue weighted by Crippen LogP contribution is -2.43. The highest BCUT2D eigenvalue weighted by Gasteiger charge is 2.04. The highest BCUT2D eigenvalue weighted by Crippen LogP contribution is 2.25. The number of hydrogen-bond acceptors (Lipinski definition) is 3. The molecule has 1 rings (SSSR count). The summed E-state index contributed by atoms with van der Waals surface area (Å²) in [6.45, 7) is 0. The van der Waals surface area contributed by atoms with E-state index < -0.39 is 5.91 Å². The number of anilines is 1. The van der Waals surface area contributed by atoms with Crippen molar-refractivity contribution >= 4 is 56.5 Å². The minimum atomic E-state index is -0.469. The standard InChI is InChI=1S/C10H8BrClN4OS/c11-6-1-2-8(7(12)5-6)14-10(18)16-15-9(17)3-4-13/h1-2,5H,3H2,(H,15,17)(H2,14,16,18). The number of nitrogens with zero attached hydrogens (tertiary/aromatic N) is 1. The highest BCUT2D eigenvalue weighted by molar-refractivity contribution is 9.10. The predicted octanol–water partition coefficient (Wildman–Crippen LogP) is 2.33. The van der Waals surface area contributed by atoms with Gasteiger partial charge in [0.15, 0.2) is 5.11 Å². The van der Waals surface area contributed by atoms with Crippen LogP contribution >= 0.6 is 39.7 Å². The van der Waals surface area contributed by atoms with Gasteiger partial charge in [0, 0.05) is 4.47 Å². The second-order valence-electron chi connectivity index (χ2n) is 3.09. The Morgan fingerprint density at radius 3 is 2.83 bits per heavy atom. The second-order valence-corrected chi connectivity index (χ2v) is 4.82. The lowest BCUT2D eigenvalue weighted by atomic mass is 10.3. The first-order chi connectivity index (χ1) is 8.52. The van der Waals surface area contributed by atoms with Gasteiger partial charge in [0.1, 0.15) is 6.42 Å². The van der Waals surface area contributed by atoms with Gasteiger partial charge in [-0.25, -0.2) is 0 Å². The molecule has 8 heteroatoms. The third-order valence-electron chi connectivity index (χ3n) is 1.73. The van der Waals surface area contributed by atoms with E-state index in [-0.39, 0.29) is 11.5 Å². The van der Waals surface area contributed by atoms with E-state index in [1.807, 2.05) is 0 Å². The van der Waals surface area contributed by atoms with Crippen LogP contribution in [0.15, 0.2) is 22.7 Å². The molecule has 1 aromatic carbocycles. The summed E-state index contributed by atoms with van der Waals surface area (Å²) in [5.74, 6) is -0.469. The number of nitrogens with one attached hydrogen (secondary N) is 3. The third-order valence-corrected chi connectivity index (χ3v) is 2.74. The molecule has 0 aliphatic carbocycles. The molecule has 0 bridgehead atoms. The zero-order valence-electron chi connectivity index (χ0n) is 8.96. The molecule has 0 aliphatic rings. The molecular formula is C10H8BrClN4OS. The van der Waals surface area contributed by atoms with Gasteiger partial charge in [0.25, 0.3) is 5.91 Å². The highest BCUT2D eigenvalue weighted by atomic mass is 79.9.